The van der Waals surface area contributed by atoms with Crippen molar-refractivity contribution >= 4 is 5.91 Å². The summed E-state index contributed by atoms with van der Waals surface area (Å²) in [7, 11) is 0. The van der Waals surface area contributed by atoms with Gasteiger partial charge < -0.3 is 10.6 Å². The highest BCUT2D eigenvalue weighted by molar-refractivity contribution is 5.76. The van der Waals surface area contributed by atoms with E-state index in [0.29, 0.717) is 23.3 Å². The van der Waals surface area contributed by atoms with Gasteiger partial charge in [0.15, 0.2) is 0 Å². The largest absolute Gasteiger partial charge is 0.343 e. The Bertz CT molecular complexity index is 352. The number of nitrogens with zero attached hydrogens (tertiary/aromatic N) is 1. The van der Waals surface area contributed by atoms with Crippen molar-refractivity contribution in [3.8, 4) is 0 Å². The molecule has 3 nitrogen and oxygen atoms in total. The molecule has 3 rings (SSSR count). The molecular weight excluding hydrogens is 260 g/mol. The van der Waals surface area contributed by atoms with E-state index >= 15 is 0 Å². The summed E-state index contributed by atoms with van der Waals surface area (Å²) >= 11 is 0. The fourth-order valence-corrected chi connectivity index (χ4v) is 4.94. The van der Waals surface area contributed by atoms with Gasteiger partial charge in [-0.1, -0.05) is 25.7 Å². The molecule has 3 aliphatic rings. The Morgan fingerprint density at radius 1 is 1.05 bits per heavy atom. The van der Waals surface area contributed by atoms with E-state index in [2.05, 4.69) is 4.90 Å². The molecule has 3 fully saturated rings. The van der Waals surface area contributed by atoms with Crippen LogP contribution in [0.5, 0.6) is 0 Å². The molecule has 1 spiro atoms. The van der Waals surface area contributed by atoms with Crippen molar-refractivity contribution in [1.82, 2.24) is 4.90 Å². The van der Waals surface area contributed by atoms with Gasteiger partial charge >= 0.3 is 0 Å². The van der Waals surface area contributed by atoms with E-state index in [4.69, 9.17) is 5.73 Å². The minimum absolute atomic E-state index is 0.385. The summed E-state index contributed by atoms with van der Waals surface area (Å²) in [4.78, 5) is 14.6. The Morgan fingerprint density at radius 2 is 1.76 bits per heavy atom. The van der Waals surface area contributed by atoms with Crippen LogP contribution in [0.4, 0.5) is 0 Å². The third-order valence-corrected chi connectivity index (χ3v) is 6.43. The van der Waals surface area contributed by atoms with Crippen LogP contribution in [0.3, 0.4) is 0 Å². The van der Waals surface area contributed by atoms with E-state index in [9.17, 15) is 4.79 Å². The van der Waals surface area contributed by atoms with E-state index in [1.165, 1.54) is 57.8 Å². The van der Waals surface area contributed by atoms with Gasteiger partial charge in [-0.25, -0.2) is 0 Å². The van der Waals surface area contributed by atoms with Gasteiger partial charge in [0, 0.05) is 25.6 Å². The zero-order valence-corrected chi connectivity index (χ0v) is 13.5. The lowest BCUT2D eigenvalue weighted by atomic mass is 9.77. The Kier molecular flexibility index (Phi) is 4.88. The second-order valence-corrected chi connectivity index (χ2v) is 7.92. The maximum Gasteiger partial charge on any atom is 0.222 e. The van der Waals surface area contributed by atoms with Crippen LogP contribution in [-0.2, 0) is 4.79 Å². The molecule has 0 bridgehead atoms. The monoisotopic (exact) mass is 292 g/mol. The lowest BCUT2D eigenvalue weighted by Crippen LogP contribution is -2.42. The smallest absolute Gasteiger partial charge is 0.222 e. The molecule has 1 amide bonds. The van der Waals surface area contributed by atoms with Crippen LogP contribution in [-0.4, -0.2) is 29.9 Å². The first-order chi connectivity index (χ1) is 10.2. The van der Waals surface area contributed by atoms with Gasteiger partial charge in [0.05, 0.1) is 0 Å². The van der Waals surface area contributed by atoms with Crippen molar-refractivity contribution in [2.75, 3.05) is 13.1 Å². The maximum absolute atomic E-state index is 12.4. The minimum atomic E-state index is 0.385. The van der Waals surface area contributed by atoms with Crippen LogP contribution >= 0.6 is 0 Å². The SMILES string of the molecule is NC1CCCC(CCC(=O)N2CCC3(CCCC3)CC2)C1. The molecule has 1 saturated heterocycles. The standard InChI is InChI=1S/C18H32N2O/c19-16-5-3-4-15(14-16)6-7-17(21)20-12-10-18(11-13-20)8-1-2-9-18/h15-16H,1-14,19H2. The summed E-state index contributed by atoms with van der Waals surface area (Å²) < 4.78 is 0. The summed E-state index contributed by atoms with van der Waals surface area (Å²) in [6.45, 7) is 2.03. The van der Waals surface area contributed by atoms with Crippen molar-refractivity contribution in [3.63, 3.8) is 0 Å². The second kappa shape index (κ2) is 6.68. The van der Waals surface area contributed by atoms with Crippen LogP contribution in [0.25, 0.3) is 0 Å². The second-order valence-electron chi connectivity index (χ2n) is 7.92. The number of piperidine rings is 1. The van der Waals surface area contributed by atoms with Gasteiger partial charge in [-0.2, -0.15) is 0 Å². The minimum Gasteiger partial charge on any atom is -0.343 e. The molecule has 0 radical (unpaired) electrons. The topological polar surface area (TPSA) is 46.3 Å². The van der Waals surface area contributed by atoms with E-state index in [0.717, 1.165) is 32.4 Å². The summed E-state index contributed by atoms with van der Waals surface area (Å²) in [6.07, 6.45) is 14.8. The summed E-state index contributed by atoms with van der Waals surface area (Å²) in [5.41, 5.74) is 6.66. The molecular formula is C18H32N2O. The highest BCUT2D eigenvalue weighted by atomic mass is 16.2. The van der Waals surface area contributed by atoms with Crippen molar-refractivity contribution in [2.45, 2.75) is 83.1 Å². The first-order valence-corrected chi connectivity index (χ1v) is 9.20. The molecule has 2 unspecified atom stereocenters. The number of hydrogen-bond acceptors (Lipinski definition) is 2. The van der Waals surface area contributed by atoms with E-state index in [-0.39, 0.29) is 0 Å². The molecule has 0 aromatic carbocycles. The van der Waals surface area contributed by atoms with Crippen LogP contribution in [0.1, 0.15) is 77.0 Å². The van der Waals surface area contributed by atoms with Crippen molar-refractivity contribution in [3.05, 3.63) is 0 Å². The Labute approximate surface area is 129 Å². The first-order valence-electron chi connectivity index (χ1n) is 9.20. The van der Waals surface area contributed by atoms with Gasteiger partial charge in [0.1, 0.15) is 0 Å². The quantitative estimate of drug-likeness (QED) is 0.866. The summed E-state index contributed by atoms with van der Waals surface area (Å²) in [6, 6.07) is 0.385. The number of hydrogen-bond donors (Lipinski definition) is 1. The lowest BCUT2D eigenvalue weighted by molar-refractivity contribution is -0.133. The highest BCUT2D eigenvalue weighted by Crippen LogP contribution is 2.46. The molecule has 0 aromatic heterocycles. The predicted octanol–water partition coefficient (Wildman–Crippen LogP) is 3.47. The zero-order chi connectivity index (χ0) is 14.7. The van der Waals surface area contributed by atoms with Gasteiger partial charge in [0.25, 0.3) is 0 Å². The molecule has 21 heavy (non-hydrogen) atoms. The fourth-order valence-electron chi connectivity index (χ4n) is 4.94. The van der Waals surface area contributed by atoms with Crippen LogP contribution in [0.15, 0.2) is 0 Å². The van der Waals surface area contributed by atoms with Crippen LogP contribution in [0.2, 0.25) is 0 Å². The number of carbonyl (C=O) groups excluding carboxylic acids is 1. The molecule has 2 aliphatic carbocycles. The Hall–Kier alpha value is -0.570. The molecule has 0 aromatic rings. The van der Waals surface area contributed by atoms with E-state index in [1.807, 2.05) is 0 Å². The zero-order valence-electron chi connectivity index (χ0n) is 13.5. The molecule has 120 valence electrons. The average Bonchev–Trinajstić information content (AvgIpc) is 2.94. The average molecular weight is 292 g/mol. The highest BCUT2D eigenvalue weighted by Gasteiger charge is 2.37. The molecule has 1 aliphatic heterocycles. The Balaban J connectivity index is 1.40. The van der Waals surface area contributed by atoms with Crippen molar-refractivity contribution < 1.29 is 4.79 Å². The van der Waals surface area contributed by atoms with E-state index < -0.39 is 0 Å². The van der Waals surface area contributed by atoms with Crippen LogP contribution in [0, 0.1) is 11.3 Å². The lowest BCUT2D eigenvalue weighted by Gasteiger charge is -2.39. The molecule has 2 atom stereocenters. The third-order valence-electron chi connectivity index (χ3n) is 6.43. The summed E-state index contributed by atoms with van der Waals surface area (Å²) in [5, 5.41) is 0. The normalized spacial score (nSPS) is 32.5. The van der Waals surface area contributed by atoms with Gasteiger partial charge in [0.2, 0.25) is 5.91 Å². The van der Waals surface area contributed by atoms with Crippen molar-refractivity contribution in [2.24, 2.45) is 17.1 Å². The molecule has 3 heteroatoms. The first kappa shape index (κ1) is 15.3. The van der Waals surface area contributed by atoms with Crippen LogP contribution < -0.4 is 5.73 Å². The number of amides is 1. The number of rotatable bonds is 3. The molecule has 2 N–H and O–H groups in total. The third kappa shape index (κ3) is 3.80. The molecule has 1 heterocycles. The van der Waals surface area contributed by atoms with E-state index in [1.54, 1.807) is 0 Å². The Morgan fingerprint density at radius 3 is 2.43 bits per heavy atom. The fraction of sp³-hybridized carbons (Fsp3) is 0.944. The van der Waals surface area contributed by atoms with Gasteiger partial charge in [-0.3, -0.25) is 4.79 Å². The van der Waals surface area contributed by atoms with Gasteiger partial charge in [-0.05, 0) is 56.3 Å². The number of nitrogens with two attached hydrogens (primary N) is 1. The predicted molar refractivity (Wildman–Crippen MR) is 85.9 cm³/mol. The number of carbonyl (C=O) groups is 1. The maximum atomic E-state index is 12.4. The summed E-state index contributed by atoms with van der Waals surface area (Å²) in [5.74, 6) is 1.10. The molecule has 2 saturated carbocycles. The number of likely N-dealkylation sites (tertiary alicyclic amines) is 1. The van der Waals surface area contributed by atoms with Crippen molar-refractivity contribution in [1.29, 1.82) is 0 Å². The van der Waals surface area contributed by atoms with Gasteiger partial charge in [-0.15, -0.1) is 0 Å².